The third-order valence-electron chi connectivity index (χ3n) is 5.10. The van der Waals surface area contributed by atoms with Crippen LogP contribution in [0, 0.1) is 11.8 Å². The summed E-state index contributed by atoms with van der Waals surface area (Å²) in [6.45, 7) is 7.17. The molecule has 8 heteroatoms. The van der Waals surface area contributed by atoms with Crippen LogP contribution in [0.15, 0.2) is 36.1 Å². The van der Waals surface area contributed by atoms with Crippen LogP contribution in [0.4, 0.5) is 0 Å². The van der Waals surface area contributed by atoms with E-state index in [2.05, 4.69) is 11.6 Å². The van der Waals surface area contributed by atoms with Crippen LogP contribution in [-0.4, -0.2) is 50.0 Å². The summed E-state index contributed by atoms with van der Waals surface area (Å²) in [5.74, 6) is -0.869. The fraction of sp³-hybridized carbons (Fsp3) is 0.389. The average Bonchev–Trinajstić information content (AvgIpc) is 3.25. The number of aliphatic hydroxyl groups is 1. The van der Waals surface area contributed by atoms with Gasteiger partial charge in [0, 0.05) is 23.1 Å². The lowest BCUT2D eigenvalue weighted by atomic mass is 9.77. The Morgan fingerprint density at radius 2 is 2.35 bits per heavy atom. The fourth-order valence-corrected chi connectivity index (χ4v) is 4.69. The zero-order valence-corrected chi connectivity index (χ0v) is 15.3. The highest BCUT2D eigenvalue weighted by Crippen LogP contribution is 2.50. The van der Waals surface area contributed by atoms with Crippen LogP contribution in [0.25, 0.3) is 10.4 Å². The highest BCUT2D eigenvalue weighted by atomic mass is 32.1. The van der Waals surface area contributed by atoms with Crippen molar-refractivity contribution in [1.29, 1.82) is 0 Å². The van der Waals surface area contributed by atoms with Crippen molar-refractivity contribution in [2.45, 2.75) is 26.0 Å². The van der Waals surface area contributed by atoms with E-state index in [4.69, 9.17) is 4.74 Å². The molecule has 2 aromatic heterocycles. The maximum absolute atomic E-state index is 12.7. The van der Waals surface area contributed by atoms with E-state index in [9.17, 15) is 14.7 Å². The van der Waals surface area contributed by atoms with Crippen LogP contribution in [0.1, 0.15) is 19.7 Å². The molecule has 0 unspecified atom stereocenters. The van der Waals surface area contributed by atoms with Gasteiger partial charge in [0.15, 0.2) is 0 Å². The van der Waals surface area contributed by atoms with Gasteiger partial charge >= 0.3 is 5.97 Å². The first-order valence-electron chi connectivity index (χ1n) is 8.41. The van der Waals surface area contributed by atoms with Gasteiger partial charge in [-0.25, -0.2) is 9.78 Å². The van der Waals surface area contributed by atoms with Crippen molar-refractivity contribution in [3.05, 3.63) is 42.0 Å². The van der Waals surface area contributed by atoms with Gasteiger partial charge in [0.1, 0.15) is 23.0 Å². The molecule has 0 spiro atoms. The predicted octanol–water partition coefficient (Wildman–Crippen LogP) is 1.69. The molecule has 1 saturated heterocycles. The summed E-state index contributed by atoms with van der Waals surface area (Å²) in [5.41, 5.74) is 0.906. The second-order valence-electron chi connectivity index (χ2n) is 6.60. The maximum atomic E-state index is 12.7. The number of nitrogens with zero attached hydrogens (tertiary/aromatic N) is 3. The second-order valence-corrected chi connectivity index (χ2v) is 7.52. The van der Waals surface area contributed by atoms with Crippen LogP contribution < -0.4 is 0 Å². The quantitative estimate of drug-likeness (QED) is 0.490. The summed E-state index contributed by atoms with van der Waals surface area (Å²) in [6, 6.07) is -0.269. The molecule has 0 radical (unpaired) electrons. The molecule has 0 bridgehead atoms. The van der Waals surface area contributed by atoms with Crippen molar-refractivity contribution in [3.63, 3.8) is 0 Å². The molecular weight excluding hydrogens is 354 g/mol. The molecule has 136 valence electrons. The number of amides is 1. The topological polar surface area (TPSA) is 84.1 Å². The zero-order chi connectivity index (χ0) is 18.6. The molecular formula is C18H19N3O4S. The van der Waals surface area contributed by atoms with Gasteiger partial charge in [0.25, 0.3) is 0 Å². The van der Waals surface area contributed by atoms with Gasteiger partial charge in [-0.05, 0) is 6.92 Å². The minimum absolute atomic E-state index is 0.0615. The number of aliphatic hydroxyl groups excluding tert-OH is 1. The zero-order valence-electron chi connectivity index (χ0n) is 14.5. The number of thiazole rings is 1. The number of hydrogen-bond acceptors (Lipinski definition) is 6. The number of ether oxygens (including phenoxy) is 1. The Kier molecular flexibility index (Phi) is 3.96. The lowest BCUT2D eigenvalue weighted by molar-refractivity contribution is -0.164. The minimum Gasteiger partial charge on any atom is -0.457 e. The molecule has 0 saturated carbocycles. The van der Waals surface area contributed by atoms with E-state index in [1.54, 1.807) is 24.5 Å². The number of imidazole rings is 1. The van der Waals surface area contributed by atoms with Gasteiger partial charge in [-0.15, -0.1) is 11.3 Å². The molecule has 2 aliphatic heterocycles. The summed E-state index contributed by atoms with van der Waals surface area (Å²) in [6.07, 6.45) is 4.34. The molecule has 2 aromatic rings. The Labute approximate surface area is 154 Å². The highest BCUT2D eigenvalue weighted by molar-refractivity contribution is 7.15. The van der Waals surface area contributed by atoms with Crippen molar-refractivity contribution in [3.8, 4) is 0 Å². The normalized spacial score (nSPS) is 26.0. The van der Waals surface area contributed by atoms with Gasteiger partial charge in [-0.2, -0.15) is 0 Å². The number of fused-ring (bicyclic) bond motifs is 2. The van der Waals surface area contributed by atoms with Gasteiger partial charge in [-0.3, -0.25) is 9.20 Å². The minimum atomic E-state index is -0.780. The monoisotopic (exact) mass is 373 g/mol. The van der Waals surface area contributed by atoms with E-state index in [0.717, 1.165) is 4.83 Å². The van der Waals surface area contributed by atoms with Gasteiger partial charge < -0.3 is 14.7 Å². The molecule has 1 amide bonds. The molecule has 7 nitrogen and oxygen atoms in total. The highest BCUT2D eigenvalue weighted by Gasteiger charge is 2.60. The van der Waals surface area contributed by atoms with Crippen LogP contribution in [-0.2, 0) is 14.3 Å². The number of β-lactam (4-membered cyclic amide) rings is 1. The predicted molar refractivity (Wildman–Crippen MR) is 96.1 cm³/mol. The van der Waals surface area contributed by atoms with Gasteiger partial charge in [0.05, 0.1) is 24.3 Å². The third-order valence-corrected chi connectivity index (χ3v) is 5.90. The smallest absolute Gasteiger partial charge is 0.355 e. The summed E-state index contributed by atoms with van der Waals surface area (Å²) in [4.78, 5) is 32.2. The molecule has 4 rings (SSSR count). The Bertz CT molecular complexity index is 941. The Morgan fingerprint density at radius 3 is 3.04 bits per heavy atom. The standard InChI is InChI=1S/C18H19N3O4S/c1-4-6-25-18(24)15-12(16-19-8-11-20(16)5-7-26-11)9(2)14-13(10(3)22)17(23)21(14)15/h4-5,7-10,13-14,22H,1,6H2,2-3H3/t9-,10+,13+,14+/m0/s1. The molecule has 4 heterocycles. The summed E-state index contributed by atoms with van der Waals surface area (Å²) in [5, 5.41) is 12.0. The maximum Gasteiger partial charge on any atom is 0.355 e. The van der Waals surface area contributed by atoms with Crippen LogP contribution in [0.3, 0.4) is 0 Å². The SMILES string of the molecule is C=CCOC(=O)C1=C(c2ncc3sccn23)[C@H](C)[C@@H]2[C@@H]([C@@H](C)O)C(=O)N12. The van der Waals surface area contributed by atoms with E-state index < -0.39 is 18.0 Å². The van der Waals surface area contributed by atoms with E-state index in [1.165, 1.54) is 11.0 Å². The fourth-order valence-electron chi connectivity index (χ4n) is 3.99. The van der Waals surface area contributed by atoms with Crippen molar-refractivity contribution in [2.24, 2.45) is 11.8 Å². The first-order valence-corrected chi connectivity index (χ1v) is 9.29. The largest absolute Gasteiger partial charge is 0.457 e. The van der Waals surface area contributed by atoms with Crippen molar-refractivity contribution in [1.82, 2.24) is 14.3 Å². The van der Waals surface area contributed by atoms with Crippen LogP contribution in [0.5, 0.6) is 0 Å². The molecule has 1 N–H and O–H groups in total. The first-order chi connectivity index (χ1) is 12.5. The number of carbonyl (C=O) groups excluding carboxylic acids is 2. The Morgan fingerprint density at radius 1 is 1.58 bits per heavy atom. The van der Waals surface area contributed by atoms with E-state index in [0.29, 0.717) is 11.4 Å². The van der Waals surface area contributed by atoms with Gasteiger partial charge in [0.2, 0.25) is 5.91 Å². The molecule has 26 heavy (non-hydrogen) atoms. The lowest BCUT2D eigenvalue weighted by Crippen LogP contribution is -2.63. The molecule has 0 aromatic carbocycles. The lowest BCUT2D eigenvalue weighted by Gasteiger charge is -2.46. The first kappa shape index (κ1) is 17.0. The Hall–Kier alpha value is -2.45. The number of rotatable bonds is 5. The summed E-state index contributed by atoms with van der Waals surface area (Å²) < 4.78 is 7.14. The molecule has 2 aliphatic rings. The summed E-state index contributed by atoms with van der Waals surface area (Å²) >= 11 is 1.54. The van der Waals surface area contributed by atoms with Crippen LogP contribution in [0.2, 0.25) is 0 Å². The molecule has 4 atom stereocenters. The van der Waals surface area contributed by atoms with Crippen LogP contribution >= 0.6 is 11.3 Å². The number of aromatic nitrogens is 2. The Balaban J connectivity index is 1.85. The van der Waals surface area contributed by atoms with Gasteiger partial charge in [-0.1, -0.05) is 19.6 Å². The third kappa shape index (κ3) is 2.18. The number of hydrogen-bond donors (Lipinski definition) is 1. The molecule has 1 fully saturated rings. The summed E-state index contributed by atoms with van der Waals surface area (Å²) in [7, 11) is 0. The second kappa shape index (κ2) is 6.07. The molecule has 0 aliphatic carbocycles. The number of esters is 1. The van der Waals surface area contributed by atoms with E-state index >= 15 is 0 Å². The van der Waals surface area contributed by atoms with Crippen molar-refractivity contribution < 1.29 is 19.4 Å². The van der Waals surface area contributed by atoms with E-state index in [-0.39, 0.29) is 30.2 Å². The average molecular weight is 373 g/mol. The number of carbonyl (C=O) groups is 2. The van der Waals surface area contributed by atoms with Crippen molar-refractivity contribution in [2.75, 3.05) is 6.61 Å². The van der Waals surface area contributed by atoms with E-state index in [1.807, 2.05) is 22.9 Å². The van der Waals surface area contributed by atoms with Crippen molar-refractivity contribution >= 4 is 33.6 Å².